The first-order valence-electron chi connectivity index (χ1n) is 8.65. The molecule has 2 aliphatic heterocycles. The van der Waals surface area contributed by atoms with Crippen molar-refractivity contribution in [1.29, 1.82) is 0 Å². The van der Waals surface area contributed by atoms with Gasteiger partial charge in [0, 0.05) is 55.8 Å². The third-order valence-corrected chi connectivity index (χ3v) is 5.26. The van der Waals surface area contributed by atoms with Crippen LogP contribution in [0.4, 0.5) is 10.2 Å². The summed E-state index contributed by atoms with van der Waals surface area (Å²) < 4.78 is 13.4. The fourth-order valence-electron chi connectivity index (χ4n) is 3.45. The zero-order valence-corrected chi connectivity index (χ0v) is 15.2. The van der Waals surface area contributed by atoms with E-state index in [0.717, 1.165) is 35.6 Å². The molecule has 1 aromatic heterocycles. The Morgan fingerprint density at radius 3 is 2.85 bits per heavy atom. The molecule has 3 heterocycles. The van der Waals surface area contributed by atoms with Crippen LogP contribution in [-0.2, 0) is 12.8 Å². The van der Waals surface area contributed by atoms with Crippen LogP contribution in [0.2, 0.25) is 5.02 Å². The van der Waals surface area contributed by atoms with E-state index in [-0.39, 0.29) is 11.6 Å². The molecular weight excluding hydrogens is 371 g/mol. The van der Waals surface area contributed by atoms with Crippen molar-refractivity contribution in [3.8, 4) is 0 Å². The number of benzene rings is 1. The summed E-state index contributed by atoms with van der Waals surface area (Å²) in [5.41, 5.74) is 2.86. The lowest BCUT2D eigenvalue weighted by Crippen LogP contribution is -2.51. The van der Waals surface area contributed by atoms with Gasteiger partial charge in [0.05, 0.1) is 10.7 Å². The molecule has 1 aromatic carbocycles. The number of likely N-dealkylation sites (tertiary alicyclic amines) is 1. The third kappa shape index (κ3) is 3.40. The molecule has 0 spiro atoms. The van der Waals surface area contributed by atoms with Gasteiger partial charge in [-0.05, 0) is 23.8 Å². The summed E-state index contributed by atoms with van der Waals surface area (Å²) >= 11 is 5.85. The summed E-state index contributed by atoms with van der Waals surface area (Å²) in [4.78, 5) is 11.1. The van der Waals surface area contributed by atoms with E-state index in [1.807, 2.05) is 0 Å². The minimum absolute atomic E-state index is 0.0339. The molecule has 8 heteroatoms. The molecule has 6 nitrogen and oxygen atoms in total. The third-order valence-electron chi connectivity index (χ3n) is 4.97. The van der Waals surface area contributed by atoms with E-state index in [1.165, 1.54) is 12.1 Å². The van der Waals surface area contributed by atoms with Crippen molar-refractivity contribution < 1.29 is 14.7 Å². The zero-order valence-electron chi connectivity index (χ0n) is 14.4. The van der Waals surface area contributed by atoms with Crippen LogP contribution in [0.25, 0.3) is 0 Å². The average Bonchev–Trinajstić information content (AvgIpc) is 3.05. The predicted molar refractivity (Wildman–Crippen MR) is 101 cm³/mol. The monoisotopic (exact) mass is 388 g/mol. The van der Waals surface area contributed by atoms with E-state index in [0.29, 0.717) is 30.3 Å². The van der Waals surface area contributed by atoms with Crippen LogP contribution in [0.1, 0.15) is 16.7 Å². The number of halogens is 2. The summed E-state index contributed by atoms with van der Waals surface area (Å²) in [5.74, 6) is 1.34. The Labute approximate surface area is 160 Å². The number of fused-ring (bicyclic) bond motifs is 1. The lowest BCUT2D eigenvalue weighted by molar-refractivity contribution is 0.107. The number of aromatic nitrogens is 1. The highest BCUT2D eigenvalue weighted by Crippen LogP contribution is 2.31. The summed E-state index contributed by atoms with van der Waals surface area (Å²) in [6.45, 7) is 1.75. The van der Waals surface area contributed by atoms with Crippen LogP contribution < -0.4 is 0 Å². The first-order valence-corrected chi connectivity index (χ1v) is 9.03. The van der Waals surface area contributed by atoms with Crippen LogP contribution in [0.3, 0.4) is 0 Å². The van der Waals surface area contributed by atoms with Gasteiger partial charge in [-0.3, -0.25) is 0 Å². The van der Waals surface area contributed by atoms with E-state index in [2.05, 4.69) is 20.0 Å². The molecule has 1 saturated heterocycles. The molecule has 2 aliphatic rings. The van der Waals surface area contributed by atoms with Gasteiger partial charge in [0.1, 0.15) is 11.7 Å². The highest BCUT2D eigenvalue weighted by atomic mass is 35.5. The Kier molecular flexibility index (Phi) is 4.80. The number of nitrogens with zero attached hydrogens (tertiary/aromatic N) is 4. The van der Waals surface area contributed by atoms with Crippen molar-refractivity contribution in [2.45, 2.75) is 12.8 Å². The van der Waals surface area contributed by atoms with Gasteiger partial charge in [-0.15, -0.1) is 0 Å². The van der Waals surface area contributed by atoms with Crippen molar-refractivity contribution in [2.75, 3.05) is 19.7 Å². The van der Waals surface area contributed by atoms with Gasteiger partial charge in [-0.2, -0.15) is 0 Å². The lowest BCUT2D eigenvalue weighted by Gasteiger charge is -2.39. The fraction of sp³-hybridized carbons (Fsp3) is 0.316. The molecule has 0 saturated carbocycles. The van der Waals surface area contributed by atoms with E-state index < -0.39 is 5.82 Å². The van der Waals surface area contributed by atoms with E-state index in [1.54, 1.807) is 18.3 Å². The largest absolute Gasteiger partial charge is 0.411 e. The molecule has 140 valence electrons. The van der Waals surface area contributed by atoms with Crippen LogP contribution in [0.15, 0.2) is 40.6 Å². The van der Waals surface area contributed by atoms with Gasteiger partial charge >= 0.3 is 0 Å². The summed E-state index contributed by atoms with van der Waals surface area (Å²) in [6.07, 6.45) is 2.54. The van der Waals surface area contributed by atoms with Gasteiger partial charge in [0.25, 0.3) is 0 Å². The maximum atomic E-state index is 13.4. The smallest absolute Gasteiger partial charge is 0.158 e. The van der Waals surface area contributed by atoms with Crippen LogP contribution in [0.5, 0.6) is 0 Å². The average molecular weight is 389 g/mol. The second-order valence-electron chi connectivity index (χ2n) is 6.79. The number of hydrogen-bond acceptors (Lipinski definition) is 6. The van der Waals surface area contributed by atoms with Gasteiger partial charge in [0.15, 0.2) is 5.82 Å². The van der Waals surface area contributed by atoms with Crippen molar-refractivity contribution in [3.63, 3.8) is 0 Å². The number of oxime groups is 1. The maximum Gasteiger partial charge on any atom is 0.158 e. The Bertz CT molecular complexity index is 941. The Morgan fingerprint density at radius 2 is 2.15 bits per heavy atom. The molecule has 0 atom stereocenters. The topological polar surface area (TPSA) is 81.3 Å². The molecule has 2 aromatic rings. The first-order chi connectivity index (χ1) is 13.1. The van der Waals surface area contributed by atoms with Gasteiger partial charge in [-0.25, -0.2) is 14.4 Å². The van der Waals surface area contributed by atoms with E-state index in [4.69, 9.17) is 11.6 Å². The molecule has 0 aliphatic carbocycles. The normalized spacial score (nSPS) is 16.9. The number of hydrogen-bond donors (Lipinski definition) is 2. The number of rotatable bonds is 4. The highest BCUT2D eigenvalue weighted by Gasteiger charge is 2.32. The van der Waals surface area contributed by atoms with E-state index in [9.17, 15) is 14.7 Å². The standard InChI is InChI=1S/C19H18ClFN4O2/c20-15-5-11(1-2-16(15)21)6-17(24-27)13-3-4-22-19-14(13)7-18(23-19)25-8-12(9-25)10-26/h1-5,12,26-27H,6-10H2/b24-17+. The minimum atomic E-state index is -0.485. The molecule has 4 rings (SSSR count). The van der Waals surface area contributed by atoms with Crippen molar-refractivity contribution in [3.05, 3.63) is 58.0 Å². The van der Waals surface area contributed by atoms with Gasteiger partial charge in [-0.1, -0.05) is 22.8 Å². The number of aliphatic hydroxyl groups excluding tert-OH is 1. The zero-order chi connectivity index (χ0) is 19.0. The number of aliphatic hydroxyl groups is 1. The summed E-state index contributed by atoms with van der Waals surface area (Å²) in [6, 6.07) is 6.24. The number of amidine groups is 1. The van der Waals surface area contributed by atoms with Crippen LogP contribution >= 0.6 is 11.6 Å². The lowest BCUT2D eigenvalue weighted by atomic mass is 9.96. The first kappa shape index (κ1) is 17.9. The minimum Gasteiger partial charge on any atom is -0.411 e. The van der Waals surface area contributed by atoms with E-state index >= 15 is 0 Å². The van der Waals surface area contributed by atoms with Crippen molar-refractivity contribution >= 4 is 29.0 Å². The molecular formula is C19H18ClFN4O2. The molecule has 1 fully saturated rings. The SMILES string of the molecule is OCC1CN(C2=Nc3nccc(/C(Cc4ccc(F)c(Cl)c4)=N/O)c3C2)C1. The number of pyridine rings is 1. The molecule has 0 amide bonds. The highest BCUT2D eigenvalue weighted by molar-refractivity contribution is 6.30. The second kappa shape index (κ2) is 7.25. The summed E-state index contributed by atoms with van der Waals surface area (Å²) in [7, 11) is 0. The number of aliphatic imine (C=N–C) groups is 1. The van der Waals surface area contributed by atoms with Gasteiger partial charge < -0.3 is 15.2 Å². The second-order valence-corrected chi connectivity index (χ2v) is 7.20. The summed E-state index contributed by atoms with van der Waals surface area (Å²) in [5, 5.41) is 22.3. The van der Waals surface area contributed by atoms with Crippen molar-refractivity contribution in [2.24, 2.45) is 16.1 Å². The fourth-order valence-corrected chi connectivity index (χ4v) is 3.65. The molecule has 2 N–H and O–H groups in total. The predicted octanol–water partition coefficient (Wildman–Crippen LogP) is 2.81. The van der Waals surface area contributed by atoms with Gasteiger partial charge in [0.2, 0.25) is 0 Å². The quantitative estimate of drug-likeness (QED) is 0.479. The molecule has 0 radical (unpaired) electrons. The Hall–Kier alpha value is -2.51. The Balaban J connectivity index is 1.56. The molecule has 27 heavy (non-hydrogen) atoms. The van der Waals surface area contributed by atoms with Crippen LogP contribution in [-0.4, -0.2) is 51.4 Å². The Morgan fingerprint density at radius 1 is 1.33 bits per heavy atom. The molecule has 0 unspecified atom stereocenters. The maximum absolute atomic E-state index is 13.4. The van der Waals surface area contributed by atoms with Crippen LogP contribution in [0, 0.1) is 11.7 Å². The van der Waals surface area contributed by atoms with Crippen molar-refractivity contribution in [1.82, 2.24) is 9.88 Å². The molecule has 0 bridgehead atoms.